The molecule has 0 aliphatic carbocycles. The molecular weight excluding hydrogens is 177 g/mol. The van der Waals surface area contributed by atoms with Crippen LogP contribution in [-0.4, -0.2) is 0 Å². The molecule has 0 atom stereocenters. The molecule has 1 aromatic carbocycles. The predicted octanol–water partition coefficient (Wildman–Crippen LogP) is 3.02. The number of allylic oxidation sites excluding steroid dienone is 1. The van der Waals surface area contributed by atoms with Crippen LogP contribution in [0.25, 0.3) is 6.08 Å². The van der Waals surface area contributed by atoms with Gasteiger partial charge in [0.05, 0.1) is 6.07 Å². The number of hydrogen-bond donors (Lipinski definition) is 0. The van der Waals surface area contributed by atoms with Crippen molar-refractivity contribution < 1.29 is 4.39 Å². The number of nitriles is 1. The summed E-state index contributed by atoms with van der Waals surface area (Å²) < 4.78 is 12.9. The van der Waals surface area contributed by atoms with Crippen molar-refractivity contribution in [3.63, 3.8) is 0 Å². The summed E-state index contributed by atoms with van der Waals surface area (Å²) in [7, 11) is 0. The largest absolute Gasteiger partial charge is 0.206 e. The van der Waals surface area contributed by atoms with Gasteiger partial charge in [-0.2, -0.15) is 5.26 Å². The highest BCUT2D eigenvalue weighted by molar-refractivity contribution is 6.30. The molecule has 3 heteroatoms. The molecule has 0 heterocycles. The molecule has 0 aliphatic heterocycles. The summed E-state index contributed by atoms with van der Waals surface area (Å²) >= 11 is 5.52. The molecular formula is C9H5ClFN. The Morgan fingerprint density at radius 3 is 2.83 bits per heavy atom. The van der Waals surface area contributed by atoms with Crippen molar-refractivity contribution in [3.8, 4) is 6.07 Å². The Bertz CT molecular complexity index is 352. The van der Waals surface area contributed by atoms with Gasteiger partial charge in [0.25, 0.3) is 0 Å². The molecule has 0 bridgehead atoms. The molecule has 0 amide bonds. The minimum atomic E-state index is -0.422. The first-order chi connectivity index (χ1) is 5.74. The third-order valence-corrected chi connectivity index (χ3v) is 1.54. The maximum absolute atomic E-state index is 12.9. The fourth-order valence-corrected chi connectivity index (χ4v) is 0.923. The van der Waals surface area contributed by atoms with Crippen LogP contribution < -0.4 is 0 Å². The second-order valence-corrected chi connectivity index (χ2v) is 2.56. The number of rotatable bonds is 1. The number of hydrogen-bond acceptors (Lipinski definition) is 1. The van der Waals surface area contributed by atoms with E-state index in [0.717, 1.165) is 0 Å². The second-order valence-electron chi connectivity index (χ2n) is 2.13. The van der Waals surface area contributed by atoms with E-state index < -0.39 is 5.82 Å². The Morgan fingerprint density at radius 2 is 2.25 bits per heavy atom. The SMILES string of the molecule is N#C/C=C/c1ccc(Cl)cc1F. The highest BCUT2D eigenvalue weighted by Crippen LogP contribution is 2.15. The van der Waals surface area contributed by atoms with E-state index in [1.807, 2.05) is 0 Å². The van der Waals surface area contributed by atoms with Crippen LogP contribution >= 0.6 is 11.6 Å². The molecule has 0 saturated heterocycles. The molecule has 1 aromatic rings. The summed E-state index contributed by atoms with van der Waals surface area (Å²) in [4.78, 5) is 0. The van der Waals surface area contributed by atoms with Crippen molar-refractivity contribution in [1.29, 1.82) is 5.26 Å². The lowest BCUT2D eigenvalue weighted by Gasteiger charge is -1.95. The first-order valence-corrected chi connectivity index (χ1v) is 3.63. The van der Waals surface area contributed by atoms with Crippen LogP contribution in [0, 0.1) is 17.1 Å². The summed E-state index contributed by atoms with van der Waals surface area (Å²) in [6, 6.07) is 6.08. The van der Waals surface area contributed by atoms with Crippen molar-refractivity contribution in [2.45, 2.75) is 0 Å². The van der Waals surface area contributed by atoms with E-state index in [1.165, 1.54) is 24.3 Å². The van der Waals surface area contributed by atoms with Crippen molar-refractivity contribution in [1.82, 2.24) is 0 Å². The van der Waals surface area contributed by atoms with Gasteiger partial charge in [0.15, 0.2) is 0 Å². The molecule has 0 aromatic heterocycles. The highest BCUT2D eigenvalue weighted by Gasteiger charge is 1.97. The van der Waals surface area contributed by atoms with Crippen molar-refractivity contribution in [3.05, 3.63) is 40.7 Å². The first-order valence-electron chi connectivity index (χ1n) is 3.25. The second kappa shape index (κ2) is 3.89. The molecule has 1 nitrogen and oxygen atoms in total. The first kappa shape index (κ1) is 8.76. The zero-order chi connectivity index (χ0) is 8.97. The smallest absolute Gasteiger partial charge is 0.131 e. The third kappa shape index (κ3) is 2.08. The van der Waals surface area contributed by atoms with Crippen LogP contribution in [0.3, 0.4) is 0 Å². The summed E-state index contributed by atoms with van der Waals surface area (Å²) in [5, 5.41) is 8.54. The van der Waals surface area contributed by atoms with Crippen LogP contribution in [0.4, 0.5) is 4.39 Å². The topological polar surface area (TPSA) is 23.8 Å². The number of nitrogens with zero attached hydrogens (tertiary/aromatic N) is 1. The molecule has 0 unspecified atom stereocenters. The van der Waals surface area contributed by atoms with E-state index in [4.69, 9.17) is 16.9 Å². The number of benzene rings is 1. The van der Waals surface area contributed by atoms with Crippen molar-refractivity contribution in [2.24, 2.45) is 0 Å². The van der Waals surface area contributed by atoms with Crippen LogP contribution in [-0.2, 0) is 0 Å². The van der Waals surface area contributed by atoms with E-state index in [0.29, 0.717) is 10.6 Å². The Kier molecular flexibility index (Phi) is 2.84. The van der Waals surface area contributed by atoms with Gasteiger partial charge in [-0.25, -0.2) is 4.39 Å². The zero-order valence-electron chi connectivity index (χ0n) is 6.09. The zero-order valence-corrected chi connectivity index (χ0v) is 6.85. The Hall–Kier alpha value is -1.33. The average molecular weight is 182 g/mol. The molecule has 0 saturated carbocycles. The Balaban J connectivity index is 3.03. The highest BCUT2D eigenvalue weighted by atomic mass is 35.5. The van der Waals surface area contributed by atoms with E-state index in [-0.39, 0.29) is 0 Å². The molecule has 0 aliphatic rings. The monoisotopic (exact) mass is 181 g/mol. The third-order valence-electron chi connectivity index (χ3n) is 1.30. The maximum Gasteiger partial charge on any atom is 0.131 e. The maximum atomic E-state index is 12.9. The molecule has 60 valence electrons. The van der Waals surface area contributed by atoms with E-state index in [9.17, 15) is 4.39 Å². The minimum absolute atomic E-state index is 0.349. The molecule has 1 rings (SSSR count). The molecule has 12 heavy (non-hydrogen) atoms. The summed E-state index contributed by atoms with van der Waals surface area (Å²) in [6.45, 7) is 0. The van der Waals surface area contributed by atoms with Gasteiger partial charge in [0.1, 0.15) is 5.82 Å². The van der Waals surface area contributed by atoms with E-state index in [1.54, 1.807) is 12.1 Å². The fourth-order valence-electron chi connectivity index (χ4n) is 0.764. The lowest BCUT2D eigenvalue weighted by molar-refractivity contribution is 0.625. The molecule has 0 N–H and O–H groups in total. The van der Waals surface area contributed by atoms with E-state index >= 15 is 0 Å². The van der Waals surface area contributed by atoms with Gasteiger partial charge in [-0.05, 0) is 18.2 Å². The minimum Gasteiger partial charge on any atom is -0.206 e. The van der Waals surface area contributed by atoms with Crippen LogP contribution in [0.1, 0.15) is 5.56 Å². The van der Waals surface area contributed by atoms with Crippen LogP contribution in [0.15, 0.2) is 24.3 Å². The lowest BCUT2D eigenvalue weighted by atomic mass is 10.2. The normalized spacial score (nSPS) is 10.1. The van der Waals surface area contributed by atoms with Crippen LogP contribution in [0.2, 0.25) is 5.02 Å². The summed E-state index contributed by atoms with van der Waals surface area (Å²) in [5.74, 6) is -0.422. The fraction of sp³-hybridized carbons (Fsp3) is 0. The van der Waals surface area contributed by atoms with E-state index in [2.05, 4.69) is 0 Å². The standard InChI is InChI=1S/C9H5ClFN/c10-8-4-3-7(2-1-5-12)9(11)6-8/h1-4,6H/b2-1+. The van der Waals surface area contributed by atoms with Crippen molar-refractivity contribution >= 4 is 17.7 Å². The van der Waals surface area contributed by atoms with Gasteiger partial charge in [-0.1, -0.05) is 17.7 Å². The van der Waals surface area contributed by atoms with Gasteiger partial charge in [-0.15, -0.1) is 0 Å². The summed E-state index contributed by atoms with van der Waals surface area (Å²) in [5.41, 5.74) is 0.362. The van der Waals surface area contributed by atoms with Gasteiger partial charge in [-0.3, -0.25) is 0 Å². The number of halogens is 2. The predicted molar refractivity (Wildman–Crippen MR) is 46.1 cm³/mol. The molecule has 0 spiro atoms. The Labute approximate surface area is 74.7 Å². The quantitative estimate of drug-likeness (QED) is 0.611. The van der Waals surface area contributed by atoms with Gasteiger partial charge >= 0.3 is 0 Å². The average Bonchev–Trinajstić information content (AvgIpc) is 2.03. The molecule has 0 fully saturated rings. The van der Waals surface area contributed by atoms with Crippen molar-refractivity contribution in [2.75, 3.05) is 0 Å². The van der Waals surface area contributed by atoms with Gasteiger partial charge in [0, 0.05) is 16.7 Å². The van der Waals surface area contributed by atoms with Crippen LogP contribution in [0.5, 0.6) is 0 Å². The Morgan fingerprint density at radius 1 is 1.50 bits per heavy atom. The van der Waals surface area contributed by atoms with Gasteiger partial charge < -0.3 is 0 Å². The lowest BCUT2D eigenvalue weighted by Crippen LogP contribution is -1.80. The van der Waals surface area contributed by atoms with Gasteiger partial charge in [0.2, 0.25) is 0 Å². The summed E-state index contributed by atoms with van der Waals surface area (Å²) in [6.07, 6.45) is 2.61. The molecule has 0 radical (unpaired) electrons.